The second-order valence-corrected chi connectivity index (χ2v) is 3.02. The minimum atomic E-state index is 0.860. The third-order valence-corrected chi connectivity index (χ3v) is 1.14. The first-order chi connectivity index (χ1) is 3.77. The topological polar surface area (TPSA) is 9.23 Å². The van der Waals surface area contributed by atoms with Crippen molar-refractivity contribution in [3.8, 4) is 0 Å². The van der Waals surface area contributed by atoms with Crippen LogP contribution in [0.25, 0.3) is 0 Å². The van der Waals surface area contributed by atoms with Crippen LogP contribution in [-0.4, -0.2) is 16.8 Å². The van der Waals surface area contributed by atoms with E-state index in [9.17, 15) is 0 Å². The van der Waals surface area contributed by atoms with Crippen molar-refractivity contribution in [3.63, 3.8) is 0 Å². The van der Waals surface area contributed by atoms with Gasteiger partial charge in [-0.1, -0.05) is 19.9 Å². The molecule has 0 aliphatic carbocycles. The van der Waals surface area contributed by atoms with Crippen molar-refractivity contribution in [2.45, 2.75) is 19.8 Å². The van der Waals surface area contributed by atoms with Crippen molar-refractivity contribution in [3.05, 3.63) is 12.0 Å². The van der Waals surface area contributed by atoms with Gasteiger partial charge in [0, 0.05) is 0 Å². The standard InChI is InChI=1S/C6H14OSi/c1-3-4-5-7-6(2)8/h2-5H2,1,8H3. The third-order valence-electron chi connectivity index (χ3n) is 0.846. The highest BCUT2D eigenvalue weighted by molar-refractivity contribution is 6.19. The van der Waals surface area contributed by atoms with Crippen LogP contribution in [0.3, 0.4) is 0 Å². The summed E-state index contributed by atoms with van der Waals surface area (Å²) in [6, 6.07) is 0. The summed E-state index contributed by atoms with van der Waals surface area (Å²) >= 11 is 0. The van der Waals surface area contributed by atoms with Gasteiger partial charge in [0.05, 0.1) is 22.2 Å². The van der Waals surface area contributed by atoms with E-state index in [1.165, 1.54) is 6.42 Å². The molecule has 0 bridgehead atoms. The van der Waals surface area contributed by atoms with Gasteiger partial charge in [-0.15, -0.1) is 0 Å². The minimum absolute atomic E-state index is 0.860. The van der Waals surface area contributed by atoms with Gasteiger partial charge in [0.15, 0.2) is 0 Å². The van der Waals surface area contributed by atoms with Gasteiger partial charge in [-0.3, -0.25) is 0 Å². The molecular formula is C6H14OSi. The van der Waals surface area contributed by atoms with Crippen molar-refractivity contribution in [1.29, 1.82) is 0 Å². The van der Waals surface area contributed by atoms with Crippen LogP contribution in [0.1, 0.15) is 19.8 Å². The monoisotopic (exact) mass is 130 g/mol. The van der Waals surface area contributed by atoms with Crippen LogP contribution in [-0.2, 0) is 4.74 Å². The van der Waals surface area contributed by atoms with Gasteiger partial charge in [0.1, 0.15) is 0 Å². The molecule has 2 heteroatoms. The molecule has 0 fully saturated rings. The zero-order valence-electron chi connectivity index (χ0n) is 5.74. The summed E-state index contributed by atoms with van der Waals surface area (Å²) < 4.78 is 5.15. The van der Waals surface area contributed by atoms with E-state index in [2.05, 4.69) is 13.5 Å². The molecule has 0 unspecified atom stereocenters. The molecule has 0 aromatic carbocycles. The van der Waals surface area contributed by atoms with E-state index in [0.29, 0.717) is 0 Å². The smallest absolute Gasteiger partial charge is 0.0870 e. The zero-order valence-corrected chi connectivity index (χ0v) is 7.74. The van der Waals surface area contributed by atoms with Crippen LogP contribution in [0.4, 0.5) is 0 Å². The Bertz CT molecular complexity index is 70.9. The summed E-state index contributed by atoms with van der Waals surface area (Å²) in [5.74, 6) is 0. The maximum atomic E-state index is 5.15. The fourth-order valence-corrected chi connectivity index (χ4v) is 0.595. The molecule has 0 N–H and O–H groups in total. The number of rotatable bonds is 4. The Labute approximate surface area is 54.2 Å². The Balaban J connectivity index is 2.82. The number of unbranched alkanes of at least 4 members (excludes halogenated alkanes) is 1. The van der Waals surface area contributed by atoms with Gasteiger partial charge in [-0.25, -0.2) is 0 Å². The van der Waals surface area contributed by atoms with Crippen molar-refractivity contribution < 1.29 is 4.74 Å². The molecule has 0 aliphatic heterocycles. The Morgan fingerprint density at radius 2 is 2.38 bits per heavy atom. The van der Waals surface area contributed by atoms with Crippen molar-refractivity contribution in [2.24, 2.45) is 0 Å². The average Bonchev–Trinajstić information content (AvgIpc) is 1.66. The Hall–Kier alpha value is -0.243. The number of ether oxygens (including phenoxy) is 1. The second kappa shape index (κ2) is 4.90. The highest BCUT2D eigenvalue weighted by atomic mass is 28.1. The lowest BCUT2D eigenvalue weighted by Gasteiger charge is -2.01. The molecule has 0 aromatic rings. The van der Waals surface area contributed by atoms with Gasteiger partial charge in [0.2, 0.25) is 0 Å². The number of hydrogen-bond donors (Lipinski definition) is 0. The van der Waals surface area contributed by atoms with E-state index in [1.54, 1.807) is 0 Å². The predicted octanol–water partition coefficient (Wildman–Crippen LogP) is 0.640. The lowest BCUT2D eigenvalue weighted by Crippen LogP contribution is -1.91. The third kappa shape index (κ3) is 5.76. The molecule has 0 saturated carbocycles. The lowest BCUT2D eigenvalue weighted by molar-refractivity contribution is 0.232. The first-order valence-electron chi connectivity index (χ1n) is 3.05. The minimum Gasteiger partial charge on any atom is -0.505 e. The molecule has 0 radical (unpaired) electrons. The summed E-state index contributed by atoms with van der Waals surface area (Å²) in [7, 11) is 0.969. The van der Waals surface area contributed by atoms with Crippen LogP contribution < -0.4 is 0 Å². The fourth-order valence-electron chi connectivity index (χ4n) is 0.391. The Morgan fingerprint density at radius 3 is 2.75 bits per heavy atom. The van der Waals surface area contributed by atoms with E-state index >= 15 is 0 Å². The normalized spacial score (nSPS) is 9.12. The van der Waals surface area contributed by atoms with Gasteiger partial charge >= 0.3 is 0 Å². The average molecular weight is 130 g/mol. The molecule has 0 heterocycles. The molecule has 0 saturated heterocycles. The maximum Gasteiger partial charge on any atom is 0.0870 e. The molecule has 8 heavy (non-hydrogen) atoms. The van der Waals surface area contributed by atoms with Gasteiger partial charge in [-0.2, -0.15) is 0 Å². The van der Waals surface area contributed by atoms with Gasteiger partial charge in [-0.05, 0) is 6.42 Å². The first kappa shape index (κ1) is 7.76. The summed E-state index contributed by atoms with van der Waals surface area (Å²) in [5.41, 5.74) is 0. The molecular weight excluding hydrogens is 116 g/mol. The van der Waals surface area contributed by atoms with Crippen molar-refractivity contribution in [2.75, 3.05) is 6.61 Å². The zero-order chi connectivity index (χ0) is 6.41. The van der Waals surface area contributed by atoms with Crippen molar-refractivity contribution >= 4 is 10.2 Å². The Morgan fingerprint density at radius 1 is 1.75 bits per heavy atom. The Kier molecular flexibility index (Phi) is 4.76. The lowest BCUT2D eigenvalue weighted by atomic mass is 10.4. The number of hydrogen-bond acceptors (Lipinski definition) is 1. The molecule has 48 valence electrons. The van der Waals surface area contributed by atoms with E-state index in [1.807, 2.05) is 0 Å². The first-order valence-corrected chi connectivity index (χ1v) is 4.05. The van der Waals surface area contributed by atoms with E-state index in [-0.39, 0.29) is 0 Å². The highest BCUT2D eigenvalue weighted by Crippen LogP contribution is 1.90. The van der Waals surface area contributed by atoms with E-state index in [4.69, 9.17) is 4.74 Å². The molecule has 0 rings (SSSR count). The van der Waals surface area contributed by atoms with Crippen LogP contribution in [0.2, 0.25) is 0 Å². The summed E-state index contributed by atoms with van der Waals surface area (Å²) in [4.78, 5) is 0. The summed E-state index contributed by atoms with van der Waals surface area (Å²) in [5, 5.41) is 0.957. The second-order valence-electron chi connectivity index (χ2n) is 1.90. The van der Waals surface area contributed by atoms with E-state index in [0.717, 1.165) is 28.7 Å². The van der Waals surface area contributed by atoms with Crippen LogP contribution in [0.5, 0.6) is 0 Å². The molecule has 0 aromatic heterocycles. The maximum absolute atomic E-state index is 5.15. The van der Waals surface area contributed by atoms with Crippen molar-refractivity contribution in [1.82, 2.24) is 0 Å². The fraction of sp³-hybridized carbons (Fsp3) is 0.667. The van der Waals surface area contributed by atoms with Gasteiger partial charge < -0.3 is 4.74 Å². The summed E-state index contributed by atoms with van der Waals surface area (Å²) in [6.45, 7) is 6.68. The summed E-state index contributed by atoms with van der Waals surface area (Å²) in [6.07, 6.45) is 2.36. The van der Waals surface area contributed by atoms with E-state index < -0.39 is 0 Å². The molecule has 1 nitrogen and oxygen atoms in total. The molecule has 0 atom stereocenters. The quantitative estimate of drug-likeness (QED) is 0.308. The van der Waals surface area contributed by atoms with Crippen LogP contribution in [0.15, 0.2) is 12.0 Å². The molecule has 0 amide bonds. The molecule has 0 aliphatic rings. The van der Waals surface area contributed by atoms with Crippen LogP contribution in [0, 0.1) is 0 Å². The van der Waals surface area contributed by atoms with Crippen LogP contribution >= 0.6 is 0 Å². The largest absolute Gasteiger partial charge is 0.505 e. The predicted molar refractivity (Wildman–Crippen MR) is 39.9 cm³/mol. The van der Waals surface area contributed by atoms with Gasteiger partial charge in [0.25, 0.3) is 0 Å². The molecule has 0 spiro atoms. The highest BCUT2D eigenvalue weighted by Gasteiger charge is 1.82. The SMILES string of the molecule is C=C([SiH3])OCCCC.